The van der Waals surface area contributed by atoms with Crippen molar-refractivity contribution in [3.8, 4) is 0 Å². The van der Waals surface area contributed by atoms with Crippen LogP contribution in [0.5, 0.6) is 0 Å². The standard InChI is InChI=1S/C14H19N3/c1-14(9-11-7-8-11)10-16-13(15)17(14)12-5-3-2-4-6-12/h2-6,11H,7-10H2,1H3,(H2,15,16). The van der Waals surface area contributed by atoms with Crippen LogP contribution >= 0.6 is 0 Å². The molecule has 3 heteroatoms. The Labute approximate surface area is 102 Å². The van der Waals surface area contributed by atoms with Crippen molar-refractivity contribution in [3.63, 3.8) is 0 Å². The lowest BCUT2D eigenvalue weighted by Gasteiger charge is -2.36. The van der Waals surface area contributed by atoms with Crippen LogP contribution in [0.25, 0.3) is 0 Å². The highest BCUT2D eigenvalue weighted by Crippen LogP contribution is 2.41. The third-order valence-electron chi connectivity index (χ3n) is 3.79. The van der Waals surface area contributed by atoms with Crippen molar-refractivity contribution in [2.75, 3.05) is 11.4 Å². The molecule has 1 heterocycles. The largest absolute Gasteiger partial charge is 0.369 e. The minimum atomic E-state index is 0.0760. The average molecular weight is 229 g/mol. The molecule has 0 saturated heterocycles. The Bertz CT molecular complexity index is 436. The Morgan fingerprint density at radius 3 is 2.71 bits per heavy atom. The summed E-state index contributed by atoms with van der Waals surface area (Å²) in [5.74, 6) is 1.55. The van der Waals surface area contributed by atoms with Gasteiger partial charge in [-0.3, -0.25) is 4.99 Å². The van der Waals surface area contributed by atoms with E-state index in [-0.39, 0.29) is 5.54 Å². The Morgan fingerprint density at radius 2 is 2.06 bits per heavy atom. The van der Waals surface area contributed by atoms with E-state index >= 15 is 0 Å². The molecular formula is C14H19N3. The number of para-hydroxylation sites is 1. The molecule has 90 valence electrons. The molecule has 1 aromatic carbocycles. The normalized spacial score (nSPS) is 28.3. The van der Waals surface area contributed by atoms with Gasteiger partial charge in [-0.25, -0.2) is 0 Å². The van der Waals surface area contributed by atoms with E-state index in [1.165, 1.54) is 19.3 Å². The quantitative estimate of drug-likeness (QED) is 0.864. The SMILES string of the molecule is CC1(CC2CC2)CN=C(N)N1c1ccccc1. The Morgan fingerprint density at radius 1 is 1.35 bits per heavy atom. The van der Waals surface area contributed by atoms with Gasteiger partial charge in [0.2, 0.25) is 0 Å². The van der Waals surface area contributed by atoms with Crippen molar-refractivity contribution < 1.29 is 0 Å². The molecule has 1 fully saturated rings. The number of anilines is 1. The molecule has 1 aliphatic carbocycles. The number of hydrogen-bond donors (Lipinski definition) is 1. The van der Waals surface area contributed by atoms with Gasteiger partial charge < -0.3 is 10.6 Å². The van der Waals surface area contributed by atoms with Gasteiger partial charge in [0.15, 0.2) is 5.96 Å². The Balaban J connectivity index is 1.90. The van der Waals surface area contributed by atoms with E-state index in [0.717, 1.165) is 18.2 Å². The number of rotatable bonds is 3. The molecule has 0 spiro atoms. The van der Waals surface area contributed by atoms with Gasteiger partial charge >= 0.3 is 0 Å². The zero-order chi connectivity index (χ0) is 11.9. The van der Waals surface area contributed by atoms with Gasteiger partial charge in [0.05, 0.1) is 12.1 Å². The maximum absolute atomic E-state index is 6.06. The average Bonchev–Trinajstić information content (AvgIpc) is 3.07. The third-order valence-corrected chi connectivity index (χ3v) is 3.79. The van der Waals surface area contributed by atoms with E-state index in [1.54, 1.807) is 0 Å². The van der Waals surface area contributed by atoms with Crippen LogP contribution in [0.2, 0.25) is 0 Å². The highest BCUT2D eigenvalue weighted by Gasteiger charge is 2.42. The topological polar surface area (TPSA) is 41.6 Å². The van der Waals surface area contributed by atoms with E-state index in [2.05, 4.69) is 41.1 Å². The van der Waals surface area contributed by atoms with Crippen LogP contribution in [0.1, 0.15) is 26.2 Å². The molecule has 17 heavy (non-hydrogen) atoms. The van der Waals surface area contributed by atoms with Crippen LogP contribution in [0, 0.1) is 5.92 Å². The maximum atomic E-state index is 6.06. The lowest BCUT2D eigenvalue weighted by molar-refractivity contribution is 0.435. The van der Waals surface area contributed by atoms with Crippen molar-refractivity contribution in [1.82, 2.24) is 0 Å². The molecule has 0 bridgehead atoms. The minimum absolute atomic E-state index is 0.0760. The molecule has 0 aromatic heterocycles. The molecule has 3 rings (SSSR count). The maximum Gasteiger partial charge on any atom is 0.196 e. The van der Waals surface area contributed by atoms with Gasteiger partial charge in [-0.15, -0.1) is 0 Å². The van der Waals surface area contributed by atoms with Crippen molar-refractivity contribution in [3.05, 3.63) is 30.3 Å². The smallest absolute Gasteiger partial charge is 0.196 e. The number of guanidine groups is 1. The van der Waals surface area contributed by atoms with Gasteiger partial charge in [-0.1, -0.05) is 31.0 Å². The number of benzene rings is 1. The van der Waals surface area contributed by atoms with Gasteiger partial charge in [0.25, 0.3) is 0 Å². The van der Waals surface area contributed by atoms with Crippen LogP contribution in [0.4, 0.5) is 5.69 Å². The molecule has 2 aliphatic rings. The summed E-state index contributed by atoms with van der Waals surface area (Å²) < 4.78 is 0. The van der Waals surface area contributed by atoms with E-state index < -0.39 is 0 Å². The fourth-order valence-corrected chi connectivity index (χ4v) is 2.79. The lowest BCUT2D eigenvalue weighted by atomic mass is 9.93. The number of hydrogen-bond acceptors (Lipinski definition) is 3. The molecule has 1 saturated carbocycles. The van der Waals surface area contributed by atoms with Crippen LogP contribution in [-0.4, -0.2) is 18.0 Å². The van der Waals surface area contributed by atoms with Crippen molar-refractivity contribution in [1.29, 1.82) is 0 Å². The first-order valence-corrected chi connectivity index (χ1v) is 6.34. The van der Waals surface area contributed by atoms with Crippen LogP contribution in [-0.2, 0) is 0 Å². The molecule has 1 aromatic rings. The van der Waals surface area contributed by atoms with Gasteiger partial charge in [-0.05, 0) is 31.4 Å². The molecule has 1 aliphatic heterocycles. The first-order valence-electron chi connectivity index (χ1n) is 6.34. The second kappa shape index (κ2) is 3.76. The van der Waals surface area contributed by atoms with E-state index in [9.17, 15) is 0 Å². The highest BCUT2D eigenvalue weighted by atomic mass is 15.4. The summed E-state index contributed by atoms with van der Waals surface area (Å²) in [6.45, 7) is 3.10. The monoisotopic (exact) mass is 229 g/mol. The molecule has 0 radical (unpaired) electrons. The van der Waals surface area contributed by atoms with E-state index in [1.807, 2.05) is 6.07 Å². The summed E-state index contributed by atoms with van der Waals surface area (Å²) in [5.41, 5.74) is 7.30. The molecule has 1 atom stereocenters. The minimum Gasteiger partial charge on any atom is -0.369 e. The third kappa shape index (κ3) is 1.90. The predicted octanol–water partition coefficient (Wildman–Crippen LogP) is 2.38. The van der Waals surface area contributed by atoms with Crippen molar-refractivity contribution >= 4 is 11.6 Å². The Hall–Kier alpha value is -1.51. The molecule has 1 unspecified atom stereocenters. The van der Waals surface area contributed by atoms with Crippen molar-refractivity contribution in [2.24, 2.45) is 16.6 Å². The second-order valence-corrected chi connectivity index (χ2v) is 5.49. The molecule has 0 amide bonds. The number of aliphatic imine (C=N–C) groups is 1. The Kier molecular flexibility index (Phi) is 2.35. The summed E-state index contributed by atoms with van der Waals surface area (Å²) in [6.07, 6.45) is 3.95. The molecule has 3 nitrogen and oxygen atoms in total. The summed E-state index contributed by atoms with van der Waals surface area (Å²) in [6, 6.07) is 10.4. The first kappa shape index (κ1) is 10.6. The summed E-state index contributed by atoms with van der Waals surface area (Å²) in [4.78, 5) is 6.66. The van der Waals surface area contributed by atoms with E-state index in [0.29, 0.717) is 5.96 Å². The predicted molar refractivity (Wildman–Crippen MR) is 71.2 cm³/mol. The highest BCUT2D eigenvalue weighted by molar-refractivity contribution is 5.98. The zero-order valence-electron chi connectivity index (χ0n) is 10.3. The molecular weight excluding hydrogens is 210 g/mol. The van der Waals surface area contributed by atoms with Gasteiger partial charge in [0.1, 0.15) is 0 Å². The number of nitrogens with two attached hydrogens (primary N) is 1. The van der Waals surface area contributed by atoms with Crippen LogP contribution in [0.3, 0.4) is 0 Å². The van der Waals surface area contributed by atoms with Crippen LogP contribution < -0.4 is 10.6 Å². The molecule has 2 N–H and O–H groups in total. The van der Waals surface area contributed by atoms with Crippen molar-refractivity contribution in [2.45, 2.75) is 31.7 Å². The first-order chi connectivity index (χ1) is 8.19. The fourth-order valence-electron chi connectivity index (χ4n) is 2.79. The number of nitrogens with zero attached hydrogens (tertiary/aromatic N) is 2. The van der Waals surface area contributed by atoms with E-state index in [4.69, 9.17) is 5.73 Å². The zero-order valence-corrected chi connectivity index (χ0v) is 10.3. The summed E-state index contributed by atoms with van der Waals surface area (Å²) in [5, 5.41) is 0. The summed E-state index contributed by atoms with van der Waals surface area (Å²) in [7, 11) is 0. The second-order valence-electron chi connectivity index (χ2n) is 5.49. The summed E-state index contributed by atoms with van der Waals surface area (Å²) >= 11 is 0. The van der Waals surface area contributed by atoms with Gasteiger partial charge in [0, 0.05) is 5.69 Å². The lowest BCUT2D eigenvalue weighted by Crippen LogP contribution is -2.50. The van der Waals surface area contributed by atoms with Gasteiger partial charge in [-0.2, -0.15) is 0 Å². The fraction of sp³-hybridized carbons (Fsp3) is 0.500. The van der Waals surface area contributed by atoms with Crippen LogP contribution in [0.15, 0.2) is 35.3 Å².